The zero-order valence-electron chi connectivity index (χ0n) is 6.92. The van der Waals surface area contributed by atoms with E-state index < -0.39 is 5.60 Å². The van der Waals surface area contributed by atoms with Crippen LogP contribution in [0.3, 0.4) is 0 Å². The van der Waals surface area contributed by atoms with Crippen molar-refractivity contribution < 1.29 is 5.11 Å². The van der Waals surface area contributed by atoms with Crippen molar-refractivity contribution in [2.75, 3.05) is 0 Å². The fraction of sp³-hybridized carbons (Fsp3) is 0.444. The van der Waals surface area contributed by atoms with Crippen molar-refractivity contribution in [2.24, 2.45) is 0 Å². The maximum atomic E-state index is 9.59. The number of hydrogen-bond donors (Lipinski definition) is 1. The number of aliphatic hydroxyl groups is 1. The Kier molecular flexibility index (Phi) is 2.35. The van der Waals surface area contributed by atoms with E-state index in [9.17, 15) is 5.11 Å². The minimum absolute atomic E-state index is 0.696. The Bertz CT molecular complexity index is 232. The summed E-state index contributed by atoms with van der Waals surface area (Å²) < 4.78 is 0. The van der Waals surface area contributed by atoms with E-state index in [-0.39, 0.29) is 0 Å². The van der Waals surface area contributed by atoms with Crippen molar-refractivity contribution in [2.45, 2.75) is 25.9 Å². The summed E-state index contributed by atoms with van der Waals surface area (Å²) >= 11 is 1.59. The second kappa shape index (κ2) is 2.95. The third-order valence-corrected chi connectivity index (χ3v) is 2.84. The lowest BCUT2D eigenvalue weighted by molar-refractivity contribution is 0.0825. The summed E-state index contributed by atoms with van der Waals surface area (Å²) in [4.78, 5) is 1.01. The highest BCUT2D eigenvalue weighted by atomic mass is 32.1. The Morgan fingerprint density at radius 1 is 1.64 bits per heavy atom. The molecule has 1 rings (SSSR count). The highest BCUT2D eigenvalue weighted by molar-refractivity contribution is 7.10. The first-order valence-electron chi connectivity index (χ1n) is 3.63. The highest BCUT2D eigenvalue weighted by Crippen LogP contribution is 2.26. The van der Waals surface area contributed by atoms with Crippen molar-refractivity contribution in [1.29, 1.82) is 0 Å². The number of thiophene rings is 1. The first kappa shape index (κ1) is 8.75. The molecule has 0 spiro atoms. The zero-order chi connectivity index (χ0) is 8.48. The molecular weight excluding hydrogens is 156 g/mol. The van der Waals surface area contributed by atoms with Crippen LogP contribution < -0.4 is 0 Å². The van der Waals surface area contributed by atoms with Gasteiger partial charge < -0.3 is 5.11 Å². The third kappa shape index (κ3) is 2.04. The average molecular weight is 169 g/mol. The largest absolute Gasteiger partial charge is 0.385 e. The predicted molar refractivity (Wildman–Crippen MR) is 48.6 cm³/mol. The van der Waals surface area contributed by atoms with E-state index >= 15 is 0 Å². The van der Waals surface area contributed by atoms with E-state index in [4.69, 9.17) is 0 Å². The fourth-order valence-electron chi connectivity index (χ4n) is 0.828. The van der Waals surface area contributed by atoms with Crippen LogP contribution in [0.5, 0.6) is 0 Å². The smallest absolute Gasteiger partial charge is 0.0932 e. The van der Waals surface area contributed by atoms with Gasteiger partial charge in [-0.05, 0) is 44.2 Å². The predicted octanol–water partition coefficient (Wildman–Crippen LogP) is 2.35. The van der Waals surface area contributed by atoms with Crippen LogP contribution >= 0.6 is 11.3 Å². The molecule has 61 valence electrons. The van der Waals surface area contributed by atoms with Crippen LogP contribution in [0.1, 0.15) is 24.3 Å². The first-order valence-corrected chi connectivity index (χ1v) is 4.51. The minimum Gasteiger partial charge on any atom is -0.385 e. The van der Waals surface area contributed by atoms with Gasteiger partial charge >= 0.3 is 0 Å². The summed E-state index contributed by atoms with van der Waals surface area (Å²) in [5, 5.41) is 11.6. The Morgan fingerprint density at radius 3 is 2.55 bits per heavy atom. The molecule has 0 bridgehead atoms. The van der Waals surface area contributed by atoms with Crippen LogP contribution in [0.15, 0.2) is 11.4 Å². The molecule has 1 heterocycles. The second-order valence-corrected chi connectivity index (χ2v) is 4.04. The lowest BCUT2D eigenvalue weighted by Gasteiger charge is -2.13. The molecular formula is C9H13OS. The van der Waals surface area contributed by atoms with E-state index in [2.05, 4.69) is 6.92 Å². The van der Waals surface area contributed by atoms with Crippen LogP contribution in [0.4, 0.5) is 0 Å². The Balaban J connectivity index is 2.89. The highest BCUT2D eigenvalue weighted by Gasteiger charge is 2.17. The van der Waals surface area contributed by atoms with E-state index in [0.717, 1.165) is 11.3 Å². The quantitative estimate of drug-likeness (QED) is 0.720. The molecule has 0 amide bonds. The van der Waals surface area contributed by atoms with E-state index in [1.807, 2.05) is 11.4 Å². The molecule has 0 saturated heterocycles. The minimum atomic E-state index is -0.696. The van der Waals surface area contributed by atoms with Crippen LogP contribution in [0.2, 0.25) is 0 Å². The van der Waals surface area contributed by atoms with Gasteiger partial charge in [-0.2, -0.15) is 0 Å². The second-order valence-electron chi connectivity index (χ2n) is 3.13. The van der Waals surface area contributed by atoms with Gasteiger partial charge in [-0.3, -0.25) is 0 Å². The normalized spacial score (nSPS) is 12.0. The molecule has 0 unspecified atom stereocenters. The molecule has 1 aromatic rings. The molecule has 1 aromatic heterocycles. The van der Waals surface area contributed by atoms with Crippen LogP contribution in [0, 0.1) is 6.92 Å². The summed E-state index contributed by atoms with van der Waals surface area (Å²) in [7, 11) is 0. The molecule has 2 heteroatoms. The molecule has 1 nitrogen and oxygen atoms in total. The van der Waals surface area contributed by atoms with Gasteiger partial charge in [0.15, 0.2) is 0 Å². The zero-order valence-corrected chi connectivity index (χ0v) is 7.74. The van der Waals surface area contributed by atoms with Gasteiger partial charge in [0.2, 0.25) is 0 Å². The van der Waals surface area contributed by atoms with Crippen molar-refractivity contribution in [3.8, 4) is 0 Å². The fourth-order valence-corrected chi connectivity index (χ4v) is 1.80. The van der Waals surface area contributed by atoms with Crippen molar-refractivity contribution in [3.63, 3.8) is 0 Å². The lowest BCUT2D eigenvalue weighted by Crippen LogP contribution is -2.12. The molecule has 0 aliphatic heterocycles. The maximum Gasteiger partial charge on any atom is 0.0932 e. The Morgan fingerprint density at radius 2 is 2.27 bits per heavy atom. The van der Waals surface area contributed by atoms with Gasteiger partial charge in [0, 0.05) is 4.88 Å². The monoisotopic (exact) mass is 169 g/mol. The molecule has 0 aromatic carbocycles. The van der Waals surface area contributed by atoms with Gasteiger partial charge in [-0.25, -0.2) is 0 Å². The SMILES string of the molecule is [CH2]Cc1csc(C(C)(C)O)c1. The van der Waals surface area contributed by atoms with Gasteiger partial charge in [0.05, 0.1) is 5.60 Å². The summed E-state index contributed by atoms with van der Waals surface area (Å²) in [6.45, 7) is 7.37. The van der Waals surface area contributed by atoms with Gasteiger partial charge in [-0.1, -0.05) is 0 Å². The Hall–Kier alpha value is -0.340. The van der Waals surface area contributed by atoms with Gasteiger partial charge in [-0.15, -0.1) is 11.3 Å². The average Bonchev–Trinajstić information content (AvgIpc) is 2.32. The maximum absolute atomic E-state index is 9.59. The number of hydrogen-bond acceptors (Lipinski definition) is 2. The summed E-state index contributed by atoms with van der Waals surface area (Å²) in [6, 6.07) is 2.01. The molecule has 1 N–H and O–H groups in total. The molecule has 0 saturated carbocycles. The van der Waals surface area contributed by atoms with E-state index in [0.29, 0.717) is 0 Å². The van der Waals surface area contributed by atoms with E-state index in [1.165, 1.54) is 5.56 Å². The van der Waals surface area contributed by atoms with Crippen LogP contribution in [-0.4, -0.2) is 5.11 Å². The molecule has 0 aliphatic rings. The third-order valence-electron chi connectivity index (χ3n) is 1.55. The van der Waals surface area contributed by atoms with Crippen molar-refractivity contribution in [1.82, 2.24) is 0 Å². The molecule has 1 radical (unpaired) electrons. The summed E-state index contributed by atoms with van der Waals surface area (Å²) in [5.41, 5.74) is 0.505. The molecule has 0 atom stereocenters. The summed E-state index contributed by atoms with van der Waals surface area (Å²) in [5.74, 6) is 0. The Labute approximate surface area is 71.7 Å². The first-order chi connectivity index (χ1) is 5.04. The van der Waals surface area contributed by atoms with Crippen molar-refractivity contribution in [3.05, 3.63) is 28.8 Å². The number of rotatable bonds is 2. The topological polar surface area (TPSA) is 20.2 Å². The van der Waals surface area contributed by atoms with Crippen LogP contribution in [0.25, 0.3) is 0 Å². The van der Waals surface area contributed by atoms with E-state index in [1.54, 1.807) is 25.2 Å². The lowest BCUT2D eigenvalue weighted by atomic mass is 10.1. The van der Waals surface area contributed by atoms with Gasteiger partial charge in [0.1, 0.15) is 0 Å². The molecule has 0 fully saturated rings. The molecule has 11 heavy (non-hydrogen) atoms. The van der Waals surface area contributed by atoms with Crippen LogP contribution in [-0.2, 0) is 12.0 Å². The van der Waals surface area contributed by atoms with Gasteiger partial charge in [0.25, 0.3) is 0 Å². The molecule has 0 aliphatic carbocycles. The van der Waals surface area contributed by atoms with Crippen molar-refractivity contribution >= 4 is 11.3 Å². The summed E-state index contributed by atoms with van der Waals surface area (Å²) in [6.07, 6.45) is 0.798. The standard InChI is InChI=1S/C9H13OS/c1-4-7-5-8(11-6-7)9(2,3)10/h5-6,10H,1,4H2,2-3H3.